The Morgan fingerprint density at radius 2 is 1.74 bits per heavy atom. The fourth-order valence-corrected chi connectivity index (χ4v) is 2.57. The van der Waals surface area contributed by atoms with Gasteiger partial charge in [-0.05, 0) is 24.3 Å². The number of piperazine rings is 1. The molecule has 1 aromatic rings. The number of amides is 1. The standard InChI is InChI=1S/C14H19N3O2/c18-13-3-1-12(2-4-13)16-5-7-17(8-6-16)14(19)11-9-15-10-11/h1-4,11,15,18H,5-10H2. The smallest absolute Gasteiger partial charge is 0.228 e. The van der Waals surface area contributed by atoms with E-state index in [1.54, 1.807) is 12.1 Å². The van der Waals surface area contributed by atoms with Crippen LogP contribution < -0.4 is 10.2 Å². The van der Waals surface area contributed by atoms with E-state index in [0.717, 1.165) is 45.0 Å². The molecule has 5 nitrogen and oxygen atoms in total. The number of benzene rings is 1. The minimum absolute atomic E-state index is 0.195. The Bertz CT molecular complexity index is 448. The van der Waals surface area contributed by atoms with Gasteiger partial charge in [0.2, 0.25) is 5.91 Å². The summed E-state index contributed by atoms with van der Waals surface area (Å²) in [6.07, 6.45) is 0. The second kappa shape index (κ2) is 5.09. The van der Waals surface area contributed by atoms with Gasteiger partial charge in [-0.25, -0.2) is 0 Å². The lowest BCUT2D eigenvalue weighted by atomic mass is 10.0. The van der Waals surface area contributed by atoms with Gasteiger partial charge in [0.15, 0.2) is 0 Å². The van der Waals surface area contributed by atoms with E-state index < -0.39 is 0 Å². The average Bonchev–Trinajstić information content (AvgIpc) is 2.38. The number of anilines is 1. The summed E-state index contributed by atoms with van der Waals surface area (Å²) in [7, 11) is 0. The first-order chi connectivity index (χ1) is 9.24. The van der Waals surface area contributed by atoms with Gasteiger partial charge in [-0.1, -0.05) is 0 Å². The van der Waals surface area contributed by atoms with Crippen LogP contribution in [0.25, 0.3) is 0 Å². The van der Waals surface area contributed by atoms with Crippen LogP contribution >= 0.6 is 0 Å². The molecule has 1 amide bonds. The Hall–Kier alpha value is -1.75. The second-order valence-corrected chi connectivity index (χ2v) is 5.18. The maximum Gasteiger partial charge on any atom is 0.228 e. The summed E-state index contributed by atoms with van der Waals surface area (Å²) < 4.78 is 0. The highest BCUT2D eigenvalue weighted by Crippen LogP contribution is 2.20. The summed E-state index contributed by atoms with van der Waals surface area (Å²) in [6.45, 7) is 4.95. The van der Waals surface area contributed by atoms with Crippen LogP contribution in [0.15, 0.2) is 24.3 Å². The molecular weight excluding hydrogens is 242 g/mol. The Labute approximate surface area is 112 Å². The molecule has 2 fully saturated rings. The van der Waals surface area contributed by atoms with Crippen molar-refractivity contribution < 1.29 is 9.90 Å². The second-order valence-electron chi connectivity index (χ2n) is 5.18. The number of phenolic OH excluding ortho intramolecular Hbond substituents is 1. The average molecular weight is 261 g/mol. The van der Waals surface area contributed by atoms with Gasteiger partial charge in [0.25, 0.3) is 0 Å². The summed E-state index contributed by atoms with van der Waals surface area (Å²) >= 11 is 0. The third-order valence-corrected chi connectivity index (χ3v) is 3.94. The lowest BCUT2D eigenvalue weighted by Gasteiger charge is -2.39. The molecule has 0 unspecified atom stereocenters. The zero-order chi connectivity index (χ0) is 13.2. The van der Waals surface area contributed by atoms with E-state index >= 15 is 0 Å². The molecule has 2 N–H and O–H groups in total. The molecule has 2 heterocycles. The van der Waals surface area contributed by atoms with Crippen molar-refractivity contribution in [2.24, 2.45) is 5.92 Å². The Kier molecular flexibility index (Phi) is 3.29. The SMILES string of the molecule is O=C(C1CNC1)N1CCN(c2ccc(O)cc2)CC1. The predicted molar refractivity (Wildman–Crippen MR) is 73.3 cm³/mol. The van der Waals surface area contributed by atoms with Crippen molar-refractivity contribution in [3.05, 3.63) is 24.3 Å². The van der Waals surface area contributed by atoms with Gasteiger partial charge in [-0.15, -0.1) is 0 Å². The van der Waals surface area contributed by atoms with Gasteiger partial charge in [-0.2, -0.15) is 0 Å². The first-order valence-corrected chi connectivity index (χ1v) is 6.77. The van der Waals surface area contributed by atoms with Crippen LogP contribution in [0.5, 0.6) is 5.75 Å². The summed E-state index contributed by atoms with van der Waals surface area (Å²) in [4.78, 5) is 16.3. The fourth-order valence-electron chi connectivity index (χ4n) is 2.57. The molecule has 1 aromatic carbocycles. The fraction of sp³-hybridized carbons (Fsp3) is 0.500. The molecule has 2 aliphatic heterocycles. The first-order valence-electron chi connectivity index (χ1n) is 6.77. The summed E-state index contributed by atoms with van der Waals surface area (Å²) in [5.74, 6) is 0.777. The first kappa shape index (κ1) is 12.3. The predicted octanol–water partition coefficient (Wildman–Crippen LogP) is 0.260. The van der Waals surface area contributed by atoms with Crippen LogP contribution in [0.4, 0.5) is 5.69 Å². The minimum atomic E-state index is 0.195. The normalized spacial score (nSPS) is 20.2. The maximum absolute atomic E-state index is 12.1. The Balaban J connectivity index is 1.56. The van der Waals surface area contributed by atoms with E-state index in [2.05, 4.69) is 10.2 Å². The van der Waals surface area contributed by atoms with Gasteiger partial charge in [-0.3, -0.25) is 4.79 Å². The van der Waals surface area contributed by atoms with E-state index in [1.165, 1.54) is 0 Å². The van der Waals surface area contributed by atoms with Gasteiger partial charge in [0, 0.05) is 45.0 Å². The quantitative estimate of drug-likeness (QED) is 0.802. The number of nitrogens with zero attached hydrogens (tertiary/aromatic N) is 2. The molecule has 0 aromatic heterocycles. The van der Waals surface area contributed by atoms with Crippen molar-refractivity contribution in [1.29, 1.82) is 0 Å². The zero-order valence-corrected chi connectivity index (χ0v) is 10.9. The number of hydrogen-bond donors (Lipinski definition) is 2. The van der Waals surface area contributed by atoms with Crippen LogP contribution in [0.3, 0.4) is 0 Å². The summed E-state index contributed by atoms with van der Waals surface area (Å²) in [5.41, 5.74) is 1.11. The highest BCUT2D eigenvalue weighted by molar-refractivity contribution is 5.80. The Morgan fingerprint density at radius 1 is 1.11 bits per heavy atom. The largest absolute Gasteiger partial charge is 0.508 e. The molecule has 2 saturated heterocycles. The number of phenols is 1. The zero-order valence-electron chi connectivity index (χ0n) is 10.9. The molecule has 0 spiro atoms. The maximum atomic E-state index is 12.1. The number of nitrogens with one attached hydrogen (secondary N) is 1. The molecule has 2 aliphatic rings. The molecule has 0 aliphatic carbocycles. The molecule has 5 heteroatoms. The minimum Gasteiger partial charge on any atom is -0.508 e. The van der Waals surface area contributed by atoms with Gasteiger partial charge < -0.3 is 20.2 Å². The topological polar surface area (TPSA) is 55.8 Å². The lowest BCUT2D eigenvalue weighted by molar-refractivity contribution is -0.137. The monoisotopic (exact) mass is 261 g/mol. The van der Waals surface area contributed by atoms with E-state index in [-0.39, 0.29) is 11.7 Å². The highest BCUT2D eigenvalue weighted by atomic mass is 16.3. The molecule has 0 saturated carbocycles. The number of aromatic hydroxyl groups is 1. The van der Waals surface area contributed by atoms with Crippen LogP contribution in [-0.4, -0.2) is 55.2 Å². The van der Waals surface area contributed by atoms with E-state index in [1.807, 2.05) is 17.0 Å². The molecule has 102 valence electrons. The van der Waals surface area contributed by atoms with Crippen LogP contribution in [-0.2, 0) is 4.79 Å². The molecular formula is C14H19N3O2. The van der Waals surface area contributed by atoms with E-state index in [9.17, 15) is 9.90 Å². The van der Waals surface area contributed by atoms with Crippen molar-refractivity contribution >= 4 is 11.6 Å². The van der Waals surface area contributed by atoms with Crippen molar-refractivity contribution in [1.82, 2.24) is 10.2 Å². The van der Waals surface area contributed by atoms with E-state index in [4.69, 9.17) is 0 Å². The van der Waals surface area contributed by atoms with Crippen molar-refractivity contribution in [3.8, 4) is 5.75 Å². The van der Waals surface area contributed by atoms with Gasteiger partial charge in [0.05, 0.1) is 5.92 Å². The van der Waals surface area contributed by atoms with Crippen molar-refractivity contribution in [3.63, 3.8) is 0 Å². The number of carbonyl (C=O) groups is 1. The molecule has 19 heavy (non-hydrogen) atoms. The van der Waals surface area contributed by atoms with Gasteiger partial charge >= 0.3 is 0 Å². The van der Waals surface area contributed by atoms with Crippen LogP contribution in [0.2, 0.25) is 0 Å². The van der Waals surface area contributed by atoms with Crippen LogP contribution in [0.1, 0.15) is 0 Å². The van der Waals surface area contributed by atoms with Crippen molar-refractivity contribution in [2.75, 3.05) is 44.2 Å². The van der Waals surface area contributed by atoms with Crippen molar-refractivity contribution in [2.45, 2.75) is 0 Å². The van der Waals surface area contributed by atoms with Gasteiger partial charge in [0.1, 0.15) is 5.75 Å². The molecule has 0 radical (unpaired) electrons. The molecule has 0 bridgehead atoms. The number of carbonyl (C=O) groups excluding carboxylic acids is 1. The third kappa shape index (κ3) is 2.51. The Morgan fingerprint density at radius 3 is 2.26 bits per heavy atom. The lowest BCUT2D eigenvalue weighted by Crippen LogP contribution is -2.56. The summed E-state index contributed by atoms with van der Waals surface area (Å²) in [6, 6.07) is 7.24. The third-order valence-electron chi connectivity index (χ3n) is 3.94. The molecule has 0 atom stereocenters. The summed E-state index contributed by atoms with van der Waals surface area (Å²) in [5, 5.41) is 12.4. The highest BCUT2D eigenvalue weighted by Gasteiger charge is 2.30. The van der Waals surface area contributed by atoms with E-state index in [0.29, 0.717) is 5.91 Å². The number of hydrogen-bond acceptors (Lipinski definition) is 4. The number of rotatable bonds is 2. The molecule has 3 rings (SSSR count). The van der Waals surface area contributed by atoms with Crippen LogP contribution in [0, 0.1) is 5.92 Å².